The minimum Gasteiger partial charge on any atom is -0.263 e. The molecule has 19 heavy (non-hydrogen) atoms. The van der Waals surface area contributed by atoms with Crippen molar-refractivity contribution in [3.63, 3.8) is 0 Å². The van der Waals surface area contributed by atoms with Gasteiger partial charge in [0.05, 0.1) is 10.6 Å². The predicted molar refractivity (Wildman–Crippen MR) is 71.2 cm³/mol. The maximum absolute atomic E-state index is 12.1. The third-order valence-electron chi connectivity index (χ3n) is 2.26. The third kappa shape index (κ3) is 3.02. The molecule has 0 atom stereocenters. The second kappa shape index (κ2) is 5.26. The van der Waals surface area contributed by atoms with E-state index in [0.717, 1.165) is 0 Å². The van der Waals surface area contributed by atoms with E-state index in [9.17, 15) is 8.42 Å². The topological polar surface area (TPSA) is 82.9 Å². The van der Waals surface area contributed by atoms with Crippen molar-refractivity contribution in [1.82, 2.24) is 4.98 Å². The van der Waals surface area contributed by atoms with Crippen molar-refractivity contribution in [2.75, 3.05) is 4.72 Å². The molecule has 0 amide bonds. The van der Waals surface area contributed by atoms with E-state index in [-0.39, 0.29) is 15.7 Å². The molecule has 0 saturated carbocycles. The lowest BCUT2D eigenvalue weighted by atomic mass is 10.3. The number of aromatic nitrogens is 1. The number of hydrogen-bond donors (Lipinski definition) is 1. The van der Waals surface area contributed by atoms with Gasteiger partial charge in [-0.25, -0.2) is 13.4 Å². The minimum absolute atomic E-state index is 0.0252. The van der Waals surface area contributed by atoms with E-state index in [1.165, 1.54) is 30.5 Å². The number of pyridine rings is 1. The number of rotatable bonds is 3. The van der Waals surface area contributed by atoms with Crippen LogP contribution >= 0.6 is 11.6 Å². The minimum atomic E-state index is -3.79. The van der Waals surface area contributed by atoms with Gasteiger partial charge < -0.3 is 0 Å². The molecule has 1 N–H and O–H groups in total. The molecule has 0 bridgehead atoms. The van der Waals surface area contributed by atoms with Crippen LogP contribution in [0.25, 0.3) is 0 Å². The van der Waals surface area contributed by atoms with Crippen LogP contribution in [-0.2, 0) is 10.0 Å². The molecule has 0 spiro atoms. The van der Waals surface area contributed by atoms with Gasteiger partial charge >= 0.3 is 0 Å². The van der Waals surface area contributed by atoms with E-state index in [1.54, 1.807) is 12.1 Å². The summed E-state index contributed by atoms with van der Waals surface area (Å²) in [6.07, 6.45) is 1.28. The molecular weight excluding hydrogens is 286 g/mol. The average Bonchev–Trinajstić information content (AvgIpc) is 2.39. The van der Waals surface area contributed by atoms with E-state index < -0.39 is 10.0 Å². The monoisotopic (exact) mass is 293 g/mol. The molecule has 1 aromatic carbocycles. The van der Waals surface area contributed by atoms with E-state index >= 15 is 0 Å². The molecule has 96 valence electrons. The van der Waals surface area contributed by atoms with Gasteiger partial charge in [0.25, 0.3) is 10.0 Å². The van der Waals surface area contributed by atoms with Crippen LogP contribution in [0.15, 0.2) is 47.5 Å². The van der Waals surface area contributed by atoms with Gasteiger partial charge in [0.15, 0.2) is 0 Å². The van der Waals surface area contributed by atoms with Gasteiger partial charge in [0.1, 0.15) is 16.8 Å². The standard InChI is InChI=1S/C12H8ClN3O2S/c13-10-3-1-2-4-11(10)19(17,18)16-12-6-5-9(7-14)8-15-12/h1-6,8H,(H,15,16). The fourth-order valence-corrected chi connectivity index (χ4v) is 2.90. The first-order chi connectivity index (χ1) is 9.03. The molecule has 2 aromatic rings. The highest BCUT2D eigenvalue weighted by atomic mass is 35.5. The van der Waals surface area contributed by atoms with E-state index in [4.69, 9.17) is 16.9 Å². The molecular formula is C12H8ClN3O2S. The zero-order valence-electron chi connectivity index (χ0n) is 9.54. The van der Waals surface area contributed by atoms with Crippen molar-refractivity contribution in [3.05, 3.63) is 53.2 Å². The van der Waals surface area contributed by atoms with Crippen LogP contribution in [0.4, 0.5) is 5.82 Å². The van der Waals surface area contributed by atoms with Gasteiger partial charge in [-0.05, 0) is 24.3 Å². The van der Waals surface area contributed by atoms with Gasteiger partial charge in [-0.2, -0.15) is 5.26 Å². The van der Waals surface area contributed by atoms with Gasteiger partial charge in [-0.1, -0.05) is 23.7 Å². The Balaban J connectivity index is 2.32. The van der Waals surface area contributed by atoms with Crippen molar-refractivity contribution in [1.29, 1.82) is 5.26 Å². The lowest BCUT2D eigenvalue weighted by Crippen LogP contribution is -2.14. The first-order valence-corrected chi connectivity index (χ1v) is 7.02. The van der Waals surface area contributed by atoms with Gasteiger partial charge in [-0.15, -0.1) is 0 Å². The summed E-state index contributed by atoms with van der Waals surface area (Å²) in [5, 5.41) is 8.76. The summed E-state index contributed by atoms with van der Waals surface area (Å²) in [4.78, 5) is 3.81. The van der Waals surface area contributed by atoms with E-state index in [1.807, 2.05) is 6.07 Å². The Bertz CT molecular complexity index is 736. The number of halogens is 1. The van der Waals surface area contributed by atoms with Crippen molar-refractivity contribution in [3.8, 4) is 6.07 Å². The summed E-state index contributed by atoms with van der Waals surface area (Å²) in [5.41, 5.74) is 0.348. The summed E-state index contributed by atoms with van der Waals surface area (Å²) >= 11 is 5.84. The Morgan fingerprint density at radius 1 is 1.21 bits per heavy atom. The fraction of sp³-hybridized carbons (Fsp3) is 0. The predicted octanol–water partition coefficient (Wildman–Crippen LogP) is 2.41. The molecule has 0 aliphatic heterocycles. The molecule has 7 heteroatoms. The molecule has 0 fully saturated rings. The molecule has 1 heterocycles. The summed E-state index contributed by atoms with van der Waals surface area (Å²) in [6.45, 7) is 0. The van der Waals surface area contributed by atoms with Crippen LogP contribution in [0.1, 0.15) is 5.56 Å². The lowest BCUT2D eigenvalue weighted by Gasteiger charge is -2.08. The van der Waals surface area contributed by atoms with Crippen LogP contribution in [0, 0.1) is 11.3 Å². The average molecular weight is 294 g/mol. The Labute approximate surface area is 115 Å². The van der Waals surface area contributed by atoms with Crippen molar-refractivity contribution >= 4 is 27.4 Å². The molecule has 0 aliphatic carbocycles. The fourth-order valence-electron chi connectivity index (χ4n) is 1.38. The molecule has 0 unspecified atom stereocenters. The second-order valence-electron chi connectivity index (χ2n) is 3.58. The lowest BCUT2D eigenvalue weighted by molar-refractivity contribution is 0.601. The highest BCUT2D eigenvalue weighted by Crippen LogP contribution is 2.22. The largest absolute Gasteiger partial charge is 0.264 e. The van der Waals surface area contributed by atoms with Gasteiger partial charge in [-0.3, -0.25) is 4.72 Å². The van der Waals surface area contributed by atoms with Crippen molar-refractivity contribution in [2.45, 2.75) is 4.90 Å². The molecule has 0 saturated heterocycles. The smallest absolute Gasteiger partial charge is 0.263 e. The highest BCUT2D eigenvalue weighted by molar-refractivity contribution is 7.92. The Morgan fingerprint density at radius 3 is 2.53 bits per heavy atom. The Morgan fingerprint density at radius 2 is 1.95 bits per heavy atom. The van der Waals surface area contributed by atoms with Crippen LogP contribution in [0.3, 0.4) is 0 Å². The number of benzene rings is 1. The molecule has 5 nitrogen and oxygen atoms in total. The normalized spacial score (nSPS) is 10.7. The van der Waals surface area contributed by atoms with Crippen LogP contribution in [-0.4, -0.2) is 13.4 Å². The maximum Gasteiger partial charge on any atom is 0.264 e. The summed E-state index contributed by atoms with van der Waals surface area (Å²) in [6, 6.07) is 10.9. The van der Waals surface area contributed by atoms with Gasteiger partial charge in [0, 0.05) is 6.20 Å². The zero-order chi connectivity index (χ0) is 13.9. The molecule has 0 aliphatic rings. The van der Waals surface area contributed by atoms with E-state index in [2.05, 4.69) is 9.71 Å². The zero-order valence-corrected chi connectivity index (χ0v) is 11.1. The van der Waals surface area contributed by atoms with Crippen molar-refractivity contribution < 1.29 is 8.42 Å². The SMILES string of the molecule is N#Cc1ccc(NS(=O)(=O)c2ccccc2Cl)nc1. The van der Waals surface area contributed by atoms with Crippen LogP contribution < -0.4 is 4.72 Å². The molecule has 2 rings (SSSR count). The number of sulfonamides is 1. The number of hydrogen-bond acceptors (Lipinski definition) is 4. The highest BCUT2D eigenvalue weighted by Gasteiger charge is 2.17. The molecule has 1 aromatic heterocycles. The second-order valence-corrected chi connectivity index (χ2v) is 5.64. The van der Waals surface area contributed by atoms with Crippen LogP contribution in [0.2, 0.25) is 5.02 Å². The summed E-state index contributed by atoms with van der Waals surface area (Å²) in [5.74, 6) is 0.124. The van der Waals surface area contributed by atoms with Gasteiger partial charge in [0.2, 0.25) is 0 Å². The van der Waals surface area contributed by atoms with E-state index in [0.29, 0.717) is 5.56 Å². The summed E-state index contributed by atoms with van der Waals surface area (Å²) < 4.78 is 26.4. The van der Waals surface area contributed by atoms with Crippen LogP contribution in [0.5, 0.6) is 0 Å². The quantitative estimate of drug-likeness (QED) is 0.942. The maximum atomic E-state index is 12.1. The number of nitrogens with one attached hydrogen (secondary N) is 1. The Hall–Kier alpha value is -2.10. The Kier molecular flexibility index (Phi) is 3.69. The first-order valence-electron chi connectivity index (χ1n) is 5.16. The first kappa shape index (κ1) is 13.3. The number of nitriles is 1. The number of nitrogens with zero attached hydrogens (tertiary/aromatic N) is 2. The third-order valence-corrected chi connectivity index (χ3v) is 4.11. The number of anilines is 1. The molecule has 0 radical (unpaired) electrons. The summed E-state index contributed by atoms with van der Waals surface area (Å²) in [7, 11) is -3.79. The van der Waals surface area contributed by atoms with Crippen molar-refractivity contribution in [2.24, 2.45) is 0 Å².